The van der Waals surface area contributed by atoms with E-state index < -0.39 is 0 Å². The van der Waals surface area contributed by atoms with Gasteiger partial charge in [0.25, 0.3) is 0 Å². The highest BCUT2D eigenvalue weighted by Crippen LogP contribution is 2.43. The Morgan fingerprint density at radius 1 is 1.07 bits per heavy atom. The molecule has 1 N–H and O–H groups in total. The average molecular weight is 389 g/mol. The molecule has 0 radical (unpaired) electrons. The number of hydrogen-bond donors (Lipinski definition) is 1. The lowest BCUT2D eigenvalue weighted by Gasteiger charge is -2.46. The summed E-state index contributed by atoms with van der Waals surface area (Å²) in [7, 11) is 0. The number of benzene rings is 2. The van der Waals surface area contributed by atoms with E-state index in [2.05, 4.69) is 36.2 Å². The van der Waals surface area contributed by atoms with Crippen LogP contribution in [0.5, 0.6) is 0 Å². The number of piperidine rings is 1. The molecule has 1 saturated heterocycles. The molecule has 0 saturated carbocycles. The minimum absolute atomic E-state index is 0.0966. The maximum Gasteiger partial charge on any atom is 0.247 e. The lowest BCUT2D eigenvalue weighted by atomic mass is 9.66. The predicted molar refractivity (Wildman–Crippen MR) is 116 cm³/mol. The van der Waals surface area contributed by atoms with Gasteiger partial charge in [-0.1, -0.05) is 49.0 Å². The first-order valence-electron chi connectivity index (χ1n) is 10.5. The average Bonchev–Trinajstić information content (AvgIpc) is 2.75. The first-order valence-corrected chi connectivity index (χ1v) is 10.5. The SMILES string of the molecule is C=CC(=O)Nc1ccccc1CC(=O)N1CCCC2(CCCc3ccccc32)C1. The minimum Gasteiger partial charge on any atom is -0.342 e. The molecule has 150 valence electrons. The lowest BCUT2D eigenvalue weighted by Crippen LogP contribution is -2.50. The van der Waals surface area contributed by atoms with Gasteiger partial charge in [-0.15, -0.1) is 0 Å². The van der Waals surface area contributed by atoms with Crippen molar-refractivity contribution in [2.24, 2.45) is 0 Å². The van der Waals surface area contributed by atoms with Gasteiger partial charge >= 0.3 is 0 Å². The monoisotopic (exact) mass is 388 g/mol. The van der Waals surface area contributed by atoms with Crippen molar-refractivity contribution in [3.63, 3.8) is 0 Å². The second-order valence-corrected chi connectivity index (χ2v) is 8.24. The fourth-order valence-electron chi connectivity index (χ4n) is 5.03. The molecule has 2 aliphatic rings. The molecule has 4 nitrogen and oxygen atoms in total. The van der Waals surface area contributed by atoms with Crippen LogP contribution >= 0.6 is 0 Å². The van der Waals surface area contributed by atoms with Gasteiger partial charge in [-0.05, 0) is 60.9 Å². The molecule has 2 aromatic rings. The molecule has 1 atom stereocenters. The number of hydrogen-bond acceptors (Lipinski definition) is 2. The predicted octanol–water partition coefficient (Wildman–Crippen LogP) is 4.25. The first-order chi connectivity index (χ1) is 14.1. The zero-order valence-electron chi connectivity index (χ0n) is 16.8. The number of nitrogens with one attached hydrogen (secondary N) is 1. The molecule has 1 aliphatic carbocycles. The Morgan fingerprint density at radius 3 is 2.69 bits per heavy atom. The van der Waals surface area contributed by atoms with Gasteiger partial charge < -0.3 is 10.2 Å². The van der Waals surface area contributed by atoms with Gasteiger partial charge in [0, 0.05) is 24.2 Å². The molecule has 1 aliphatic heterocycles. The first kappa shape index (κ1) is 19.4. The van der Waals surface area contributed by atoms with Crippen LogP contribution in [0.3, 0.4) is 0 Å². The Balaban J connectivity index is 1.53. The van der Waals surface area contributed by atoms with Crippen LogP contribution in [0.1, 0.15) is 42.4 Å². The number of amides is 2. The summed E-state index contributed by atoms with van der Waals surface area (Å²) in [5.74, 6) is -0.131. The third kappa shape index (κ3) is 3.98. The smallest absolute Gasteiger partial charge is 0.247 e. The summed E-state index contributed by atoms with van der Waals surface area (Å²) in [6.07, 6.45) is 7.21. The van der Waals surface area contributed by atoms with E-state index in [0.29, 0.717) is 12.1 Å². The number of carbonyl (C=O) groups excluding carboxylic acids is 2. The Kier molecular flexibility index (Phi) is 5.52. The Morgan fingerprint density at radius 2 is 1.83 bits per heavy atom. The highest BCUT2D eigenvalue weighted by molar-refractivity contribution is 5.99. The Hall–Kier alpha value is -2.88. The standard InChI is InChI=1S/C25H28N2O2/c1-2-23(28)26-22-13-6-4-10-20(22)17-24(29)27-16-8-15-25(18-27)14-7-11-19-9-3-5-12-21(19)25/h2-6,9-10,12-13H,1,7-8,11,14-18H2,(H,26,28). The van der Waals surface area contributed by atoms with Gasteiger partial charge in [-0.2, -0.15) is 0 Å². The van der Waals surface area contributed by atoms with E-state index in [9.17, 15) is 9.59 Å². The topological polar surface area (TPSA) is 49.4 Å². The van der Waals surface area contributed by atoms with Crippen LogP contribution in [0.15, 0.2) is 61.2 Å². The Bertz CT molecular complexity index is 936. The number of nitrogens with zero attached hydrogens (tertiary/aromatic N) is 1. The van der Waals surface area contributed by atoms with Gasteiger partial charge in [0.1, 0.15) is 0 Å². The minimum atomic E-state index is -0.263. The number of carbonyl (C=O) groups is 2. The van der Waals surface area contributed by atoms with E-state index in [0.717, 1.165) is 44.3 Å². The van der Waals surface area contributed by atoms with Crippen molar-refractivity contribution >= 4 is 17.5 Å². The number of rotatable bonds is 4. The molecule has 29 heavy (non-hydrogen) atoms. The van der Waals surface area contributed by atoms with Gasteiger partial charge in [0.2, 0.25) is 11.8 Å². The maximum atomic E-state index is 13.2. The van der Waals surface area contributed by atoms with Crippen molar-refractivity contribution in [2.75, 3.05) is 18.4 Å². The van der Waals surface area contributed by atoms with Crippen molar-refractivity contribution in [3.8, 4) is 0 Å². The fourth-order valence-corrected chi connectivity index (χ4v) is 5.03. The molecule has 4 rings (SSSR count). The van der Waals surface area contributed by atoms with Crippen molar-refractivity contribution in [3.05, 3.63) is 77.9 Å². The van der Waals surface area contributed by atoms with Crippen molar-refractivity contribution in [2.45, 2.75) is 43.9 Å². The van der Waals surface area contributed by atoms with E-state index in [4.69, 9.17) is 0 Å². The third-order valence-corrected chi connectivity index (χ3v) is 6.42. The normalized spacial score (nSPS) is 20.8. The van der Waals surface area contributed by atoms with Gasteiger partial charge in [-0.3, -0.25) is 9.59 Å². The summed E-state index contributed by atoms with van der Waals surface area (Å²) >= 11 is 0. The van der Waals surface area contributed by atoms with Gasteiger partial charge in [-0.25, -0.2) is 0 Å². The number of fused-ring (bicyclic) bond motifs is 2. The summed E-state index contributed by atoms with van der Waals surface area (Å²) in [4.78, 5) is 27.0. The van der Waals surface area contributed by atoms with E-state index in [1.807, 2.05) is 29.2 Å². The van der Waals surface area contributed by atoms with E-state index in [1.165, 1.54) is 23.6 Å². The van der Waals surface area contributed by atoms with E-state index in [-0.39, 0.29) is 17.2 Å². The molecule has 1 heterocycles. The van der Waals surface area contributed by atoms with Crippen molar-refractivity contribution in [1.29, 1.82) is 0 Å². The molecule has 1 fully saturated rings. The molecule has 1 spiro atoms. The number of likely N-dealkylation sites (tertiary alicyclic amines) is 1. The van der Waals surface area contributed by atoms with E-state index in [1.54, 1.807) is 0 Å². The van der Waals surface area contributed by atoms with Crippen LogP contribution in [-0.2, 0) is 27.8 Å². The van der Waals surface area contributed by atoms with Crippen molar-refractivity contribution in [1.82, 2.24) is 4.90 Å². The highest BCUT2D eigenvalue weighted by atomic mass is 16.2. The number of para-hydroxylation sites is 1. The largest absolute Gasteiger partial charge is 0.342 e. The quantitative estimate of drug-likeness (QED) is 0.796. The lowest BCUT2D eigenvalue weighted by molar-refractivity contribution is -0.133. The van der Waals surface area contributed by atoms with Gasteiger partial charge in [0.05, 0.1) is 6.42 Å². The zero-order valence-corrected chi connectivity index (χ0v) is 16.8. The molecule has 2 amide bonds. The summed E-state index contributed by atoms with van der Waals surface area (Å²) in [6, 6.07) is 16.3. The second-order valence-electron chi connectivity index (χ2n) is 8.24. The zero-order chi connectivity index (χ0) is 20.3. The summed E-state index contributed by atoms with van der Waals surface area (Å²) in [5.41, 5.74) is 4.52. The highest BCUT2D eigenvalue weighted by Gasteiger charge is 2.41. The summed E-state index contributed by atoms with van der Waals surface area (Å²) < 4.78 is 0. The molecule has 0 bridgehead atoms. The number of aryl methyl sites for hydroxylation is 1. The van der Waals surface area contributed by atoms with Crippen LogP contribution in [0.2, 0.25) is 0 Å². The molecular formula is C25H28N2O2. The fraction of sp³-hybridized carbons (Fsp3) is 0.360. The molecule has 2 aromatic carbocycles. The Labute approximate surface area is 172 Å². The third-order valence-electron chi connectivity index (χ3n) is 6.42. The van der Waals surface area contributed by atoms with Gasteiger partial charge in [0.15, 0.2) is 0 Å². The van der Waals surface area contributed by atoms with Crippen molar-refractivity contribution < 1.29 is 9.59 Å². The molecule has 0 aromatic heterocycles. The molecule has 1 unspecified atom stereocenters. The van der Waals surface area contributed by atoms with Crippen LogP contribution in [0, 0.1) is 0 Å². The van der Waals surface area contributed by atoms with Crippen LogP contribution in [-0.4, -0.2) is 29.8 Å². The summed E-state index contributed by atoms with van der Waals surface area (Å²) in [5, 5.41) is 2.81. The molecule has 4 heteroatoms. The maximum absolute atomic E-state index is 13.2. The molecular weight excluding hydrogens is 360 g/mol. The second kappa shape index (κ2) is 8.24. The van der Waals surface area contributed by atoms with Crippen LogP contribution in [0.25, 0.3) is 0 Å². The summed E-state index contributed by atoms with van der Waals surface area (Å²) in [6.45, 7) is 5.11. The van der Waals surface area contributed by atoms with Crippen LogP contribution in [0.4, 0.5) is 5.69 Å². The number of anilines is 1. The van der Waals surface area contributed by atoms with E-state index >= 15 is 0 Å². The van der Waals surface area contributed by atoms with Crippen LogP contribution < -0.4 is 5.32 Å².